The summed E-state index contributed by atoms with van der Waals surface area (Å²) in [6.07, 6.45) is 0.514. The van der Waals surface area contributed by atoms with Crippen molar-refractivity contribution in [3.8, 4) is 0 Å². The maximum atomic E-state index is 11.5. The number of hydrogen-bond acceptors (Lipinski definition) is 4. The number of rotatable bonds is 4. The molecule has 6 nitrogen and oxygen atoms in total. The highest BCUT2D eigenvalue weighted by Crippen LogP contribution is 2.22. The number of aryl methyl sites for hydroxylation is 1. The minimum absolute atomic E-state index is 0.0205. The number of carbonyl (C=O) groups is 1. The Balaban J connectivity index is 2.90. The number of nitro benzene ring substituents is 1. The van der Waals surface area contributed by atoms with Crippen LogP contribution in [0.4, 0.5) is 11.4 Å². The molecule has 0 fully saturated rings. The van der Waals surface area contributed by atoms with Crippen LogP contribution in [0.3, 0.4) is 0 Å². The van der Waals surface area contributed by atoms with E-state index in [2.05, 4.69) is 5.32 Å². The molecular weight excluding hydrogens is 222 g/mol. The lowest BCUT2D eigenvalue weighted by atomic mass is 10.1. The summed E-state index contributed by atoms with van der Waals surface area (Å²) < 4.78 is 0. The van der Waals surface area contributed by atoms with Crippen LogP contribution in [0, 0.1) is 17.0 Å². The van der Waals surface area contributed by atoms with Crippen molar-refractivity contribution in [2.75, 3.05) is 5.32 Å². The molecular formula is C11H15N3O3. The Labute approximate surface area is 99.0 Å². The Hall–Kier alpha value is -1.95. The second kappa shape index (κ2) is 5.40. The van der Waals surface area contributed by atoms with Gasteiger partial charge in [0.1, 0.15) is 0 Å². The smallest absolute Gasteiger partial charge is 0.274 e. The number of amides is 1. The van der Waals surface area contributed by atoms with Gasteiger partial charge in [-0.15, -0.1) is 0 Å². The van der Waals surface area contributed by atoms with Gasteiger partial charge in [-0.1, -0.05) is 13.0 Å². The van der Waals surface area contributed by atoms with Crippen LogP contribution in [0.15, 0.2) is 18.2 Å². The van der Waals surface area contributed by atoms with Crippen LogP contribution >= 0.6 is 0 Å². The molecule has 1 rings (SSSR count). The number of nitrogens with one attached hydrogen (secondary N) is 1. The van der Waals surface area contributed by atoms with Crippen molar-refractivity contribution in [3.63, 3.8) is 0 Å². The van der Waals surface area contributed by atoms with E-state index in [1.165, 1.54) is 6.07 Å². The molecule has 0 aliphatic heterocycles. The van der Waals surface area contributed by atoms with Crippen molar-refractivity contribution in [1.29, 1.82) is 0 Å². The van der Waals surface area contributed by atoms with E-state index in [0.29, 0.717) is 17.7 Å². The second-order valence-electron chi connectivity index (χ2n) is 3.76. The van der Waals surface area contributed by atoms with Crippen LogP contribution in [-0.2, 0) is 4.79 Å². The monoisotopic (exact) mass is 237 g/mol. The summed E-state index contributed by atoms with van der Waals surface area (Å²) in [5, 5.41) is 13.3. The molecule has 17 heavy (non-hydrogen) atoms. The largest absolute Gasteiger partial charge is 0.324 e. The molecule has 6 heteroatoms. The van der Waals surface area contributed by atoms with Crippen molar-refractivity contribution in [3.05, 3.63) is 33.9 Å². The molecule has 0 saturated heterocycles. The highest BCUT2D eigenvalue weighted by molar-refractivity contribution is 5.94. The molecule has 0 heterocycles. The number of benzene rings is 1. The first-order valence-electron chi connectivity index (χ1n) is 5.27. The number of anilines is 1. The van der Waals surface area contributed by atoms with Crippen molar-refractivity contribution < 1.29 is 9.72 Å². The number of carbonyl (C=O) groups excluding carboxylic acids is 1. The van der Waals surface area contributed by atoms with E-state index in [-0.39, 0.29) is 11.6 Å². The molecule has 1 aromatic rings. The minimum atomic E-state index is -0.602. The van der Waals surface area contributed by atoms with Gasteiger partial charge in [0.15, 0.2) is 0 Å². The van der Waals surface area contributed by atoms with Crippen molar-refractivity contribution >= 4 is 17.3 Å². The maximum Gasteiger partial charge on any atom is 0.274 e. The Morgan fingerprint density at radius 1 is 1.59 bits per heavy atom. The zero-order chi connectivity index (χ0) is 13.0. The summed E-state index contributed by atoms with van der Waals surface area (Å²) in [6.45, 7) is 3.43. The van der Waals surface area contributed by atoms with Crippen LogP contribution in [0.1, 0.15) is 18.9 Å². The first kappa shape index (κ1) is 13.1. The summed E-state index contributed by atoms with van der Waals surface area (Å²) in [5.74, 6) is -0.342. The maximum absolute atomic E-state index is 11.5. The van der Waals surface area contributed by atoms with E-state index in [1.807, 2.05) is 0 Å². The predicted octanol–water partition coefficient (Wildman–Crippen LogP) is 1.58. The summed E-state index contributed by atoms with van der Waals surface area (Å²) >= 11 is 0. The van der Waals surface area contributed by atoms with Gasteiger partial charge >= 0.3 is 0 Å². The van der Waals surface area contributed by atoms with E-state index in [9.17, 15) is 14.9 Å². The summed E-state index contributed by atoms with van der Waals surface area (Å²) in [6, 6.07) is 3.93. The second-order valence-corrected chi connectivity index (χ2v) is 3.76. The fourth-order valence-electron chi connectivity index (χ4n) is 1.30. The number of nitrogens with zero attached hydrogens (tertiary/aromatic N) is 1. The molecule has 0 aromatic heterocycles. The van der Waals surface area contributed by atoms with Gasteiger partial charge < -0.3 is 11.1 Å². The number of hydrogen-bond donors (Lipinski definition) is 2. The lowest BCUT2D eigenvalue weighted by molar-refractivity contribution is -0.385. The van der Waals surface area contributed by atoms with Gasteiger partial charge in [0.05, 0.1) is 11.0 Å². The van der Waals surface area contributed by atoms with Crippen LogP contribution in [0.5, 0.6) is 0 Å². The lowest BCUT2D eigenvalue weighted by Crippen LogP contribution is -2.34. The molecule has 0 unspecified atom stereocenters. The zero-order valence-corrected chi connectivity index (χ0v) is 9.77. The SMILES string of the molecule is CC[C@@H](N)C(=O)Nc1ccc(C)c([N+](=O)[O-])c1. The van der Waals surface area contributed by atoms with Crippen molar-refractivity contribution in [2.24, 2.45) is 5.73 Å². The third-order valence-electron chi connectivity index (χ3n) is 2.45. The van der Waals surface area contributed by atoms with Crippen LogP contribution in [-0.4, -0.2) is 16.9 Å². The van der Waals surface area contributed by atoms with E-state index in [4.69, 9.17) is 5.73 Å². The summed E-state index contributed by atoms with van der Waals surface area (Å²) in [5.41, 5.74) is 6.46. The normalized spacial score (nSPS) is 11.9. The van der Waals surface area contributed by atoms with Gasteiger partial charge in [-0.3, -0.25) is 14.9 Å². The van der Waals surface area contributed by atoms with Crippen LogP contribution in [0.2, 0.25) is 0 Å². The quantitative estimate of drug-likeness (QED) is 0.613. The Morgan fingerprint density at radius 3 is 2.76 bits per heavy atom. The predicted molar refractivity (Wildman–Crippen MR) is 64.7 cm³/mol. The molecule has 1 amide bonds. The number of nitrogens with two attached hydrogens (primary N) is 1. The molecule has 3 N–H and O–H groups in total. The Morgan fingerprint density at radius 2 is 2.24 bits per heavy atom. The summed E-state index contributed by atoms with van der Waals surface area (Å²) in [4.78, 5) is 21.7. The minimum Gasteiger partial charge on any atom is -0.324 e. The van der Waals surface area contributed by atoms with Crippen LogP contribution < -0.4 is 11.1 Å². The number of nitro groups is 1. The average molecular weight is 237 g/mol. The Bertz CT molecular complexity index is 446. The van der Waals surface area contributed by atoms with E-state index >= 15 is 0 Å². The molecule has 0 radical (unpaired) electrons. The topological polar surface area (TPSA) is 98.3 Å². The highest BCUT2D eigenvalue weighted by Gasteiger charge is 2.14. The summed E-state index contributed by atoms with van der Waals surface area (Å²) in [7, 11) is 0. The molecule has 0 saturated carbocycles. The van der Waals surface area contributed by atoms with Gasteiger partial charge in [0.25, 0.3) is 5.69 Å². The zero-order valence-electron chi connectivity index (χ0n) is 9.77. The Kier molecular flexibility index (Phi) is 4.17. The van der Waals surface area contributed by atoms with E-state index < -0.39 is 11.0 Å². The molecule has 0 spiro atoms. The van der Waals surface area contributed by atoms with Gasteiger partial charge in [-0.25, -0.2) is 0 Å². The third kappa shape index (κ3) is 3.25. The first-order chi connectivity index (χ1) is 7.95. The van der Waals surface area contributed by atoms with Crippen LogP contribution in [0.25, 0.3) is 0 Å². The molecule has 1 atom stereocenters. The van der Waals surface area contributed by atoms with Gasteiger partial charge in [0, 0.05) is 17.3 Å². The van der Waals surface area contributed by atoms with E-state index in [1.54, 1.807) is 26.0 Å². The molecule has 0 aliphatic rings. The fraction of sp³-hybridized carbons (Fsp3) is 0.364. The van der Waals surface area contributed by atoms with E-state index in [0.717, 1.165) is 0 Å². The highest BCUT2D eigenvalue weighted by atomic mass is 16.6. The standard InChI is InChI=1S/C11H15N3O3/c1-3-9(12)11(15)13-8-5-4-7(2)10(6-8)14(16)17/h4-6,9H,3,12H2,1-2H3,(H,13,15)/t9-/m1/s1. The van der Waals surface area contributed by atoms with Gasteiger partial charge in [-0.2, -0.15) is 0 Å². The average Bonchev–Trinajstić information content (AvgIpc) is 2.30. The van der Waals surface area contributed by atoms with Crippen molar-refractivity contribution in [2.45, 2.75) is 26.3 Å². The first-order valence-corrected chi connectivity index (χ1v) is 5.27. The molecule has 92 valence electrons. The fourth-order valence-corrected chi connectivity index (χ4v) is 1.30. The lowest BCUT2D eigenvalue weighted by Gasteiger charge is -2.10. The third-order valence-corrected chi connectivity index (χ3v) is 2.45. The molecule has 1 aromatic carbocycles. The van der Waals surface area contributed by atoms with Gasteiger partial charge in [-0.05, 0) is 19.4 Å². The van der Waals surface area contributed by atoms with Crippen molar-refractivity contribution in [1.82, 2.24) is 0 Å². The molecule has 0 aliphatic carbocycles. The molecule has 0 bridgehead atoms. The van der Waals surface area contributed by atoms with Gasteiger partial charge in [0.2, 0.25) is 5.91 Å².